The van der Waals surface area contributed by atoms with Gasteiger partial charge in [-0.15, -0.1) is 0 Å². The summed E-state index contributed by atoms with van der Waals surface area (Å²) in [4.78, 5) is 16.8. The van der Waals surface area contributed by atoms with Gasteiger partial charge in [-0.1, -0.05) is 48.6 Å². The minimum absolute atomic E-state index is 0.0396. The van der Waals surface area contributed by atoms with Crippen LogP contribution in [0.4, 0.5) is 5.69 Å². The van der Waals surface area contributed by atoms with Crippen LogP contribution in [0.2, 0.25) is 0 Å². The summed E-state index contributed by atoms with van der Waals surface area (Å²) in [7, 11) is 0. The van der Waals surface area contributed by atoms with E-state index in [1.807, 2.05) is 30.5 Å². The third-order valence-corrected chi connectivity index (χ3v) is 5.96. The van der Waals surface area contributed by atoms with Crippen LogP contribution in [0.15, 0.2) is 84.7 Å². The van der Waals surface area contributed by atoms with Gasteiger partial charge < -0.3 is 10.1 Å². The molecule has 1 saturated carbocycles. The van der Waals surface area contributed by atoms with Crippen LogP contribution in [-0.2, 0) is 16.1 Å². The molecule has 0 bridgehead atoms. The van der Waals surface area contributed by atoms with Crippen LogP contribution in [0.3, 0.4) is 0 Å². The molecule has 1 radical (unpaired) electrons. The van der Waals surface area contributed by atoms with Crippen LogP contribution in [0.25, 0.3) is 10.8 Å². The summed E-state index contributed by atoms with van der Waals surface area (Å²) in [6.07, 6.45) is 13.8. The second kappa shape index (κ2) is 8.86. The van der Waals surface area contributed by atoms with Crippen molar-refractivity contribution in [2.45, 2.75) is 25.4 Å². The van der Waals surface area contributed by atoms with Gasteiger partial charge in [-0.3, -0.25) is 9.78 Å². The van der Waals surface area contributed by atoms with E-state index in [1.54, 1.807) is 6.20 Å². The van der Waals surface area contributed by atoms with Gasteiger partial charge in [0.2, 0.25) is 5.91 Å². The summed E-state index contributed by atoms with van der Waals surface area (Å²) < 4.78 is 5.84. The first-order chi connectivity index (χ1) is 15.3. The molecule has 2 aromatic carbocycles. The predicted octanol–water partition coefficient (Wildman–Crippen LogP) is 5.58. The molecular weight excluding hydrogens is 384 g/mol. The van der Waals surface area contributed by atoms with Gasteiger partial charge in [0.05, 0.1) is 13.2 Å². The molecule has 2 aliphatic rings. The fourth-order valence-corrected chi connectivity index (χ4v) is 4.07. The standard InChI is InChI=1S/C27H25N2O2/c30-27(29-24-11-10-23-16-28-13-12-22(23)14-24)26-15-25(26)21-8-6-20(7-9-21)18-31-17-19-4-2-1-3-5-19/h1-4,6-14,16,25-26H,5,15,17-18H2,(H,29,30). The van der Waals surface area contributed by atoms with Crippen LogP contribution in [0.5, 0.6) is 0 Å². The molecule has 2 aliphatic carbocycles. The predicted molar refractivity (Wildman–Crippen MR) is 123 cm³/mol. The fourth-order valence-electron chi connectivity index (χ4n) is 4.07. The van der Waals surface area contributed by atoms with E-state index in [2.05, 4.69) is 59.2 Å². The minimum atomic E-state index is 0.0396. The van der Waals surface area contributed by atoms with Crippen molar-refractivity contribution in [3.05, 3.63) is 102 Å². The first-order valence-corrected chi connectivity index (χ1v) is 10.8. The van der Waals surface area contributed by atoms with Gasteiger partial charge in [-0.2, -0.15) is 0 Å². The monoisotopic (exact) mass is 409 g/mol. The fraction of sp³-hybridized carbons (Fsp3) is 0.222. The zero-order valence-electron chi connectivity index (χ0n) is 17.3. The Hall–Kier alpha value is -3.24. The molecule has 1 amide bonds. The molecule has 31 heavy (non-hydrogen) atoms. The van der Waals surface area contributed by atoms with E-state index in [1.165, 1.54) is 11.1 Å². The molecule has 1 N–H and O–H groups in total. The van der Waals surface area contributed by atoms with E-state index in [0.29, 0.717) is 19.1 Å². The number of allylic oxidation sites excluding steroid dienone is 3. The Morgan fingerprint density at radius 1 is 1.06 bits per heavy atom. The number of nitrogens with zero attached hydrogens (tertiary/aromatic N) is 1. The van der Waals surface area contributed by atoms with E-state index in [-0.39, 0.29) is 11.8 Å². The first-order valence-electron chi connectivity index (χ1n) is 10.8. The lowest BCUT2D eigenvalue weighted by molar-refractivity contribution is -0.117. The summed E-state index contributed by atoms with van der Waals surface area (Å²) in [5.41, 5.74) is 4.52. The molecule has 2 atom stereocenters. The largest absolute Gasteiger partial charge is 0.372 e. The number of ether oxygens (including phenoxy) is 1. The Balaban J connectivity index is 1.13. The van der Waals surface area contributed by atoms with E-state index in [9.17, 15) is 4.79 Å². The Morgan fingerprint density at radius 3 is 2.81 bits per heavy atom. The number of hydrogen-bond donors (Lipinski definition) is 1. The number of fused-ring (bicyclic) bond motifs is 1. The molecule has 3 aromatic rings. The van der Waals surface area contributed by atoms with Crippen LogP contribution in [0.1, 0.15) is 29.9 Å². The maximum atomic E-state index is 12.7. The van der Waals surface area contributed by atoms with Gasteiger partial charge in [0, 0.05) is 35.8 Å². The number of hydrogen-bond acceptors (Lipinski definition) is 3. The highest BCUT2D eigenvalue weighted by Gasteiger charge is 2.43. The van der Waals surface area contributed by atoms with Gasteiger partial charge in [0.1, 0.15) is 0 Å². The van der Waals surface area contributed by atoms with Gasteiger partial charge >= 0.3 is 0 Å². The zero-order valence-corrected chi connectivity index (χ0v) is 17.3. The summed E-state index contributed by atoms with van der Waals surface area (Å²) in [5.74, 6) is 0.435. The zero-order chi connectivity index (χ0) is 21.0. The van der Waals surface area contributed by atoms with E-state index < -0.39 is 0 Å². The normalized spacial score (nSPS) is 19.8. The third kappa shape index (κ3) is 4.75. The van der Waals surface area contributed by atoms with Gasteiger partial charge in [0.25, 0.3) is 0 Å². The summed E-state index contributed by atoms with van der Waals surface area (Å²) in [6.45, 7) is 1.27. The highest BCUT2D eigenvalue weighted by molar-refractivity contribution is 5.97. The van der Waals surface area contributed by atoms with E-state index in [4.69, 9.17) is 4.74 Å². The molecule has 0 spiro atoms. The quantitative estimate of drug-likeness (QED) is 0.554. The molecule has 155 valence electrons. The number of carbonyl (C=O) groups excluding carboxylic acids is 1. The number of aromatic nitrogens is 1. The first kappa shape index (κ1) is 19.7. The average molecular weight is 410 g/mol. The minimum Gasteiger partial charge on any atom is -0.372 e. The summed E-state index contributed by atoms with van der Waals surface area (Å²) >= 11 is 0. The molecule has 5 rings (SSSR count). The van der Waals surface area contributed by atoms with Crippen LogP contribution in [-0.4, -0.2) is 17.5 Å². The van der Waals surface area contributed by atoms with Crippen LogP contribution >= 0.6 is 0 Å². The van der Waals surface area contributed by atoms with Crippen molar-refractivity contribution >= 4 is 22.4 Å². The van der Waals surface area contributed by atoms with Crippen LogP contribution < -0.4 is 5.32 Å². The lowest BCUT2D eigenvalue weighted by Crippen LogP contribution is -2.14. The number of rotatable bonds is 7. The van der Waals surface area contributed by atoms with Crippen molar-refractivity contribution in [3.63, 3.8) is 0 Å². The summed E-state index contributed by atoms with van der Waals surface area (Å²) in [6, 6.07) is 16.4. The topological polar surface area (TPSA) is 51.2 Å². The van der Waals surface area contributed by atoms with Crippen molar-refractivity contribution in [1.29, 1.82) is 0 Å². The van der Waals surface area contributed by atoms with Crippen molar-refractivity contribution < 1.29 is 9.53 Å². The maximum Gasteiger partial charge on any atom is 0.228 e. The number of nitrogens with one attached hydrogen (secondary N) is 1. The van der Waals surface area contributed by atoms with Gasteiger partial charge in [0.15, 0.2) is 0 Å². The lowest BCUT2D eigenvalue weighted by atomic mass is 10.1. The molecule has 2 unspecified atom stereocenters. The maximum absolute atomic E-state index is 12.7. The SMILES string of the molecule is O=C(Nc1ccc2cnccc2c1)C1CC1c1ccc(COCC2=C[CH]C=CC2)cc1. The van der Waals surface area contributed by atoms with Crippen LogP contribution in [0, 0.1) is 12.3 Å². The van der Waals surface area contributed by atoms with E-state index in [0.717, 1.165) is 34.9 Å². The highest BCUT2D eigenvalue weighted by Crippen LogP contribution is 2.48. The Kier molecular flexibility index (Phi) is 5.63. The Bertz CT molecular complexity index is 1150. The average Bonchev–Trinajstić information content (AvgIpc) is 3.61. The van der Waals surface area contributed by atoms with Crippen molar-refractivity contribution in [2.75, 3.05) is 11.9 Å². The van der Waals surface area contributed by atoms with Gasteiger partial charge in [-0.05, 0) is 59.0 Å². The molecular formula is C27H25N2O2. The number of pyridine rings is 1. The molecule has 1 fully saturated rings. The Morgan fingerprint density at radius 2 is 1.97 bits per heavy atom. The number of anilines is 1. The van der Waals surface area contributed by atoms with Gasteiger partial charge in [-0.25, -0.2) is 0 Å². The number of benzene rings is 2. The van der Waals surface area contributed by atoms with Crippen molar-refractivity contribution in [2.24, 2.45) is 5.92 Å². The number of carbonyl (C=O) groups is 1. The van der Waals surface area contributed by atoms with Crippen molar-refractivity contribution in [1.82, 2.24) is 4.98 Å². The molecule has 0 saturated heterocycles. The summed E-state index contributed by atoms with van der Waals surface area (Å²) in [5, 5.41) is 5.22. The molecule has 1 heterocycles. The second-order valence-electron chi connectivity index (χ2n) is 8.26. The molecule has 1 aromatic heterocycles. The van der Waals surface area contributed by atoms with Crippen molar-refractivity contribution in [3.8, 4) is 0 Å². The number of amides is 1. The molecule has 0 aliphatic heterocycles. The highest BCUT2D eigenvalue weighted by atomic mass is 16.5. The Labute approximate surface area is 182 Å². The molecule has 4 nitrogen and oxygen atoms in total. The molecule has 4 heteroatoms. The lowest BCUT2D eigenvalue weighted by Gasteiger charge is -2.10. The third-order valence-electron chi connectivity index (χ3n) is 5.96. The smallest absolute Gasteiger partial charge is 0.228 e. The second-order valence-corrected chi connectivity index (χ2v) is 8.26. The van der Waals surface area contributed by atoms with E-state index >= 15 is 0 Å².